The Morgan fingerprint density at radius 3 is 2.59 bits per heavy atom. The average molecular weight is 397 g/mol. The Morgan fingerprint density at radius 2 is 2.00 bits per heavy atom. The van der Waals surface area contributed by atoms with Gasteiger partial charge in [0.15, 0.2) is 15.7 Å². The van der Waals surface area contributed by atoms with Crippen molar-refractivity contribution in [3.63, 3.8) is 0 Å². The molecule has 0 saturated carbocycles. The van der Waals surface area contributed by atoms with Gasteiger partial charge in [-0.05, 0) is 25.7 Å². The molecule has 1 aromatic heterocycles. The highest BCUT2D eigenvalue weighted by Gasteiger charge is 2.40. The Hall–Kier alpha value is -1.90. The number of carbonyl (C=O) groups excluding carboxylic acids is 2. The molecule has 27 heavy (non-hydrogen) atoms. The molecule has 8 nitrogen and oxygen atoms in total. The van der Waals surface area contributed by atoms with Crippen LogP contribution in [0.5, 0.6) is 0 Å². The van der Waals surface area contributed by atoms with Crippen LogP contribution in [0.15, 0.2) is 10.6 Å². The molecule has 2 saturated heterocycles. The fourth-order valence-corrected chi connectivity index (χ4v) is 5.32. The molecule has 3 heterocycles. The Bertz CT molecular complexity index is 824. The van der Waals surface area contributed by atoms with E-state index >= 15 is 0 Å². The minimum atomic E-state index is -3.15. The van der Waals surface area contributed by atoms with Crippen LogP contribution in [0.4, 0.5) is 5.82 Å². The molecule has 1 unspecified atom stereocenters. The maximum absolute atomic E-state index is 12.8. The first-order valence-corrected chi connectivity index (χ1v) is 11.2. The van der Waals surface area contributed by atoms with Crippen molar-refractivity contribution in [1.29, 1.82) is 0 Å². The number of sulfone groups is 1. The second kappa shape index (κ2) is 7.26. The van der Waals surface area contributed by atoms with E-state index < -0.39 is 21.8 Å². The smallest absolute Gasteiger partial charge is 0.248 e. The number of likely N-dealkylation sites (tertiary alicyclic amines) is 1. The van der Waals surface area contributed by atoms with E-state index in [1.807, 2.05) is 20.8 Å². The highest BCUT2D eigenvalue weighted by Crippen LogP contribution is 2.27. The summed E-state index contributed by atoms with van der Waals surface area (Å²) < 4.78 is 28.7. The van der Waals surface area contributed by atoms with E-state index in [1.54, 1.807) is 11.0 Å². The number of nitrogens with zero attached hydrogens (tertiary/aromatic N) is 2. The summed E-state index contributed by atoms with van der Waals surface area (Å²) in [5.74, 6) is -0.165. The predicted octanol–water partition coefficient (Wildman–Crippen LogP) is 1.73. The molecule has 1 aromatic rings. The highest BCUT2D eigenvalue weighted by molar-refractivity contribution is 7.91. The predicted molar refractivity (Wildman–Crippen MR) is 99.9 cm³/mol. The maximum Gasteiger partial charge on any atom is 0.248 e. The lowest BCUT2D eigenvalue weighted by molar-refractivity contribution is -0.143. The summed E-state index contributed by atoms with van der Waals surface area (Å²) in [4.78, 5) is 27.2. The van der Waals surface area contributed by atoms with Gasteiger partial charge in [-0.15, -0.1) is 0 Å². The van der Waals surface area contributed by atoms with Crippen LogP contribution in [0.25, 0.3) is 0 Å². The van der Waals surface area contributed by atoms with Crippen molar-refractivity contribution in [2.24, 2.45) is 5.92 Å². The van der Waals surface area contributed by atoms with Crippen LogP contribution in [-0.2, 0) is 24.8 Å². The third kappa shape index (κ3) is 4.51. The molecule has 0 spiro atoms. The van der Waals surface area contributed by atoms with Gasteiger partial charge in [-0.25, -0.2) is 8.42 Å². The first kappa shape index (κ1) is 19.9. The van der Waals surface area contributed by atoms with E-state index in [2.05, 4.69) is 10.5 Å². The number of nitrogens with one attached hydrogen (secondary N) is 1. The van der Waals surface area contributed by atoms with Crippen molar-refractivity contribution in [2.45, 2.75) is 57.9 Å². The Kier molecular flexibility index (Phi) is 5.33. The van der Waals surface area contributed by atoms with Crippen LogP contribution >= 0.6 is 0 Å². The van der Waals surface area contributed by atoms with Gasteiger partial charge in [-0.2, -0.15) is 0 Å². The van der Waals surface area contributed by atoms with Gasteiger partial charge in [0.2, 0.25) is 11.8 Å². The summed E-state index contributed by atoms with van der Waals surface area (Å²) in [6.07, 6.45) is 2.55. The zero-order valence-electron chi connectivity index (χ0n) is 16.0. The zero-order chi connectivity index (χ0) is 19.8. The van der Waals surface area contributed by atoms with E-state index in [4.69, 9.17) is 4.52 Å². The van der Waals surface area contributed by atoms with Crippen LogP contribution in [0, 0.1) is 5.92 Å². The van der Waals surface area contributed by atoms with Crippen molar-refractivity contribution < 1.29 is 22.5 Å². The van der Waals surface area contributed by atoms with E-state index in [0.717, 1.165) is 12.8 Å². The lowest BCUT2D eigenvalue weighted by Gasteiger charge is -2.36. The summed E-state index contributed by atoms with van der Waals surface area (Å²) in [5.41, 5.74) is -0.225. The molecule has 2 atom stereocenters. The largest absolute Gasteiger partial charge is 0.359 e. The van der Waals surface area contributed by atoms with Crippen molar-refractivity contribution in [3.8, 4) is 0 Å². The van der Waals surface area contributed by atoms with Crippen molar-refractivity contribution in [1.82, 2.24) is 10.1 Å². The number of carbonyl (C=O) groups is 2. The van der Waals surface area contributed by atoms with E-state index in [0.29, 0.717) is 31.0 Å². The third-order valence-corrected chi connectivity index (χ3v) is 6.94. The van der Waals surface area contributed by atoms with E-state index in [9.17, 15) is 18.0 Å². The van der Waals surface area contributed by atoms with Gasteiger partial charge >= 0.3 is 0 Å². The standard InChI is InChI=1S/C18H27N3O5S/c1-18(2,3)14-10-15(20-26-14)19-16(22)13-6-4-5-8-21(13)17(23)12-7-9-27(24,25)11-12/h10,12-13H,4-9,11H2,1-3H3,(H,19,20,22)/t12?,13-/m0/s1. The molecule has 2 aliphatic heterocycles. The lowest BCUT2D eigenvalue weighted by atomic mass is 9.93. The van der Waals surface area contributed by atoms with Crippen molar-refractivity contribution >= 4 is 27.5 Å². The molecule has 1 N–H and O–H groups in total. The Labute approximate surface area is 159 Å². The van der Waals surface area contributed by atoms with Crippen LogP contribution in [0.1, 0.15) is 52.2 Å². The SMILES string of the molecule is CC(C)(C)c1cc(NC(=O)[C@@H]2CCCCN2C(=O)C2CCS(=O)(=O)C2)no1. The quantitative estimate of drug-likeness (QED) is 0.832. The normalized spacial score (nSPS) is 25.4. The summed E-state index contributed by atoms with van der Waals surface area (Å²) in [7, 11) is -3.15. The van der Waals surface area contributed by atoms with Gasteiger partial charge < -0.3 is 14.7 Å². The number of hydrogen-bond donors (Lipinski definition) is 1. The van der Waals surface area contributed by atoms with Crippen molar-refractivity contribution in [2.75, 3.05) is 23.4 Å². The Balaban J connectivity index is 1.70. The number of hydrogen-bond acceptors (Lipinski definition) is 6. The number of rotatable bonds is 3. The molecule has 2 amide bonds. The molecule has 0 radical (unpaired) electrons. The van der Waals surface area contributed by atoms with Gasteiger partial charge in [0.25, 0.3) is 0 Å². The molecular formula is C18H27N3O5S. The number of anilines is 1. The summed E-state index contributed by atoms with van der Waals surface area (Å²) >= 11 is 0. The molecule has 0 bridgehead atoms. The second-order valence-corrected chi connectivity index (χ2v) is 10.7. The lowest BCUT2D eigenvalue weighted by Crippen LogP contribution is -2.52. The van der Waals surface area contributed by atoms with Crippen LogP contribution in [0.2, 0.25) is 0 Å². The third-order valence-electron chi connectivity index (χ3n) is 5.17. The van der Waals surface area contributed by atoms with Gasteiger partial charge in [-0.1, -0.05) is 25.9 Å². The van der Waals surface area contributed by atoms with Gasteiger partial charge in [0.1, 0.15) is 11.8 Å². The Morgan fingerprint density at radius 1 is 1.26 bits per heavy atom. The topological polar surface area (TPSA) is 110 Å². The van der Waals surface area contributed by atoms with Gasteiger partial charge in [0.05, 0.1) is 17.4 Å². The molecule has 0 aromatic carbocycles. The monoisotopic (exact) mass is 397 g/mol. The molecule has 2 fully saturated rings. The zero-order valence-corrected chi connectivity index (χ0v) is 16.8. The average Bonchev–Trinajstić information content (AvgIpc) is 3.20. The first-order chi connectivity index (χ1) is 12.6. The fraction of sp³-hybridized carbons (Fsp3) is 0.722. The molecule has 0 aliphatic carbocycles. The first-order valence-electron chi connectivity index (χ1n) is 9.36. The van der Waals surface area contributed by atoms with E-state index in [-0.39, 0.29) is 28.7 Å². The fourth-order valence-electron chi connectivity index (χ4n) is 3.59. The highest BCUT2D eigenvalue weighted by atomic mass is 32.2. The second-order valence-electron chi connectivity index (χ2n) is 8.46. The van der Waals surface area contributed by atoms with Crippen LogP contribution < -0.4 is 5.32 Å². The summed E-state index contributed by atoms with van der Waals surface area (Å²) in [5, 5.41) is 6.63. The van der Waals surface area contributed by atoms with Gasteiger partial charge in [0, 0.05) is 18.0 Å². The summed E-state index contributed by atoms with van der Waals surface area (Å²) in [6, 6.07) is 1.08. The number of amides is 2. The maximum atomic E-state index is 12.8. The number of piperidine rings is 1. The molecule has 3 rings (SSSR count). The van der Waals surface area contributed by atoms with Gasteiger partial charge in [-0.3, -0.25) is 9.59 Å². The van der Waals surface area contributed by atoms with Crippen molar-refractivity contribution in [3.05, 3.63) is 11.8 Å². The molecule has 150 valence electrons. The molecular weight excluding hydrogens is 370 g/mol. The van der Waals surface area contributed by atoms with E-state index in [1.165, 1.54) is 0 Å². The minimum Gasteiger partial charge on any atom is -0.359 e. The van der Waals surface area contributed by atoms with Crippen LogP contribution in [0.3, 0.4) is 0 Å². The number of aromatic nitrogens is 1. The molecule has 9 heteroatoms. The summed E-state index contributed by atoms with van der Waals surface area (Å²) in [6.45, 7) is 6.42. The molecule has 2 aliphatic rings. The minimum absolute atomic E-state index is 0.0443. The van der Waals surface area contributed by atoms with Crippen LogP contribution in [-0.4, -0.2) is 54.4 Å².